The molecule has 4 rings (SSSR count). The van der Waals surface area contributed by atoms with Gasteiger partial charge in [0.25, 0.3) is 0 Å². The topological polar surface area (TPSA) is 153 Å². The van der Waals surface area contributed by atoms with Crippen molar-refractivity contribution in [2.45, 2.75) is 84.5 Å². The molecule has 0 bridgehead atoms. The summed E-state index contributed by atoms with van der Waals surface area (Å²) in [6, 6.07) is 13.8. The molecule has 0 aliphatic rings. The molecular formula is C35H49F3N8O. The number of amidine groups is 1. The third-order valence-electron chi connectivity index (χ3n) is 7.74. The summed E-state index contributed by atoms with van der Waals surface area (Å²) in [7, 11) is 0. The van der Waals surface area contributed by atoms with Crippen molar-refractivity contribution in [2.75, 3.05) is 19.6 Å². The van der Waals surface area contributed by atoms with Crippen molar-refractivity contribution in [1.29, 1.82) is 0 Å². The molecule has 2 unspecified atom stereocenters. The van der Waals surface area contributed by atoms with E-state index in [-0.39, 0.29) is 30.6 Å². The normalized spacial score (nSPS) is 13.3. The SMILES string of the molecule is CC.CCCC(NCCCN=C(N)CN)c1ccc(-n2cc3cc(-c4ccc(C(F)(F)F)c(CCCC(C)N)c4)[nH]c3nc2=O)cc1. The fourth-order valence-electron chi connectivity index (χ4n) is 5.38. The van der Waals surface area contributed by atoms with E-state index in [0.717, 1.165) is 37.4 Å². The first kappa shape index (κ1) is 37.5. The Morgan fingerprint density at radius 1 is 1.09 bits per heavy atom. The lowest BCUT2D eigenvalue weighted by Crippen LogP contribution is -2.25. The maximum atomic E-state index is 13.7. The quantitative estimate of drug-likeness (QED) is 0.0582. The van der Waals surface area contributed by atoms with E-state index in [4.69, 9.17) is 17.2 Å². The minimum Gasteiger partial charge on any atom is -0.386 e. The van der Waals surface area contributed by atoms with Gasteiger partial charge >= 0.3 is 11.9 Å². The van der Waals surface area contributed by atoms with E-state index in [1.807, 2.05) is 45.0 Å². The molecule has 47 heavy (non-hydrogen) atoms. The predicted octanol–water partition coefficient (Wildman–Crippen LogP) is 6.23. The number of hydrogen-bond donors (Lipinski definition) is 5. The Morgan fingerprint density at radius 3 is 2.45 bits per heavy atom. The van der Waals surface area contributed by atoms with Crippen LogP contribution >= 0.6 is 0 Å². The average Bonchev–Trinajstić information content (AvgIpc) is 3.47. The van der Waals surface area contributed by atoms with Gasteiger partial charge in [0.2, 0.25) is 0 Å². The smallest absolute Gasteiger partial charge is 0.386 e. The summed E-state index contributed by atoms with van der Waals surface area (Å²) in [6.07, 6.45) is 1.46. The first-order chi connectivity index (χ1) is 22.5. The molecule has 2 aromatic carbocycles. The summed E-state index contributed by atoms with van der Waals surface area (Å²) >= 11 is 0. The number of nitrogens with zero attached hydrogens (tertiary/aromatic N) is 3. The minimum absolute atomic E-state index is 0.0844. The highest BCUT2D eigenvalue weighted by Gasteiger charge is 2.33. The number of nitrogens with one attached hydrogen (secondary N) is 2. The number of aromatic amines is 1. The van der Waals surface area contributed by atoms with Crippen LogP contribution in [0, 0.1) is 0 Å². The number of aromatic nitrogens is 3. The van der Waals surface area contributed by atoms with Gasteiger partial charge in [-0.25, -0.2) is 4.79 Å². The molecule has 8 N–H and O–H groups in total. The lowest BCUT2D eigenvalue weighted by Gasteiger charge is -2.19. The van der Waals surface area contributed by atoms with Crippen molar-refractivity contribution in [2.24, 2.45) is 22.2 Å². The number of benzene rings is 2. The standard InChI is InChI=1S/C33H43F3N8O.C2H6/c1-3-6-28(40-15-5-16-41-30(39)19-37)22-9-12-26(13-10-22)44-20-25-18-29(42-31(25)43-32(44)45)24-11-14-27(33(34,35)36)23(17-24)8-4-7-21(2)38;1-2/h9-14,17-18,20-21,28,40H,3-8,15-16,19,37-38H2,1-2H3,(H2,39,41)(H,42,43,45);1-2H3. The van der Waals surface area contributed by atoms with Crippen LogP contribution in [0.15, 0.2) is 64.5 Å². The molecule has 2 heterocycles. The van der Waals surface area contributed by atoms with Crippen molar-refractivity contribution in [3.05, 3.63) is 81.9 Å². The van der Waals surface area contributed by atoms with Crippen LogP contribution in [-0.4, -0.2) is 46.0 Å². The van der Waals surface area contributed by atoms with Crippen molar-refractivity contribution in [3.63, 3.8) is 0 Å². The predicted molar refractivity (Wildman–Crippen MR) is 186 cm³/mol. The van der Waals surface area contributed by atoms with Gasteiger partial charge < -0.3 is 27.5 Å². The van der Waals surface area contributed by atoms with Gasteiger partial charge in [-0.1, -0.05) is 45.4 Å². The Balaban J connectivity index is 0.00000294. The van der Waals surface area contributed by atoms with E-state index < -0.39 is 17.4 Å². The van der Waals surface area contributed by atoms with Crippen LogP contribution in [0.5, 0.6) is 0 Å². The van der Waals surface area contributed by atoms with Crippen LogP contribution in [0.25, 0.3) is 28.0 Å². The molecule has 0 aliphatic heterocycles. The van der Waals surface area contributed by atoms with E-state index in [0.29, 0.717) is 53.2 Å². The second kappa shape index (κ2) is 17.8. The Kier molecular flexibility index (Phi) is 14.2. The zero-order valence-electron chi connectivity index (χ0n) is 27.8. The Labute approximate surface area is 274 Å². The van der Waals surface area contributed by atoms with Crippen LogP contribution in [0.1, 0.15) is 82.5 Å². The highest BCUT2D eigenvalue weighted by atomic mass is 19.4. The van der Waals surface area contributed by atoms with Crippen molar-refractivity contribution in [1.82, 2.24) is 19.9 Å². The van der Waals surface area contributed by atoms with E-state index in [2.05, 4.69) is 27.2 Å². The fourth-order valence-corrected chi connectivity index (χ4v) is 5.38. The first-order valence-corrected chi connectivity index (χ1v) is 16.4. The van der Waals surface area contributed by atoms with Crippen LogP contribution in [-0.2, 0) is 12.6 Å². The number of aryl methyl sites for hydroxylation is 1. The number of hydrogen-bond acceptors (Lipinski definition) is 6. The van der Waals surface area contributed by atoms with Gasteiger partial charge in [-0.2, -0.15) is 18.2 Å². The molecule has 0 aliphatic carbocycles. The molecule has 0 amide bonds. The second-order valence-electron chi connectivity index (χ2n) is 11.4. The molecule has 0 radical (unpaired) electrons. The Morgan fingerprint density at radius 2 is 1.81 bits per heavy atom. The van der Waals surface area contributed by atoms with Crippen molar-refractivity contribution >= 4 is 16.9 Å². The molecule has 256 valence electrons. The molecule has 0 spiro atoms. The number of halogens is 3. The highest BCUT2D eigenvalue weighted by Crippen LogP contribution is 2.35. The van der Waals surface area contributed by atoms with Crippen molar-refractivity contribution in [3.8, 4) is 16.9 Å². The summed E-state index contributed by atoms with van der Waals surface area (Å²) in [5.41, 5.74) is 19.4. The summed E-state index contributed by atoms with van der Waals surface area (Å²) in [5, 5.41) is 4.24. The van der Waals surface area contributed by atoms with Crippen LogP contribution in [0.2, 0.25) is 0 Å². The number of rotatable bonds is 15. The van der Waals surface area contributed by atoms with Gasteiger partial charge in [0.15, 0.2) is 0 Å². The molecular weight excluding hydrogens is 605 g/mol. The van der Waals surface area contributed by atoms with Gasteiger partial charge in [0, 0.05) is 35.9 Å². The minimum atomic E-state index is -4.45. The summed E-state index contributed by atoms with van der Waals surface area (Å²) < 4.78 is 42.6. The van der Waals surface area contributed by atoms with E-state index in [1.165, 1.54) is 10.6 Å². The van der Waals surface area contributed by atoms with Gasteiger partial charge in [0.05, 0.1) is 17.8 Å². The molecule has 0 fully saturated rings. The molecule has 0 saturated carbocycles. The van der Waals surface area contributed by atoms with Crippen LogP contribution in [0.4, 0.5) is 13.2 Å². The first-order valence-electron chi connectivity index (χ1n) is 16.4. The zero-order valence-corrected chi connectivity index (χ0v) is 27.8. The van der Waals surface area contributed by atoms with Gasteiger partial charge in [-0.05, 0) is 92.6 Å². The average molecular weight is 655 g/mol. The molecule has 9 nitrogen and oxygen atoms in total. The molecule has 12 heteroatoms. The van der Waals surface area contributed by atoms with Gasteiger partial charge in [-0.15, -0.1) is 0 Å². The van der Waals surface area contributed by atoms with Gasteiger partial charge in [-0.3, -0.25) is 9.56 Å². The lowest BCUT2D eigenvalue weighted by atomic mass is 9.97. The monoisotopic (exact) mass is 654 g/mol. The maximum Gasteiger partial charge on any atom is 0.416 e. The van der Waals surface area contributed by atoms with E-state index in [1.54, 1.807) is 18.3 Å². The largest absolute Gasteiger partial charge is 0.416 e. The number of fused-ring (bicyclic) bond motifs is 1. The summed E-state index contributed by atoms with van der Waals surface area (Å²) in [5.74, 6) is 0.451. The molecule has 0 saturated heterocycles. The number of H-pyrrole nitrogens is 1. The second-order valence-corrected chi connectivity index (χ2v) is 11.4. The lowest BCUT2D eigenvalue weighted by molar-refractivity contribution is -0.138. The Bertz CT molecular complexity index is 1640. The maximum absolute atomic E-state index is 13.7. The fraction of sp³-hybridized carbons (Fsp3) is 0.457. The van der Waals surface area contributed by atoms with E-state index >= 15 is 0 Å². The molecule has 2 aromatic heterocycles. The van der Waals surface area contributed by atoms with Gasteiger partial charge in [0.1, 0.15) is 11.5 Å². The highest BCUT2D eigenvalue weighted by molar-refractivity contribution is 5.83. The number of nitrogens with two attached hydrogens (primary N) is 3. The van der Waals surface area contributed by atoms with Crippen LogP contribution in [0.3, 0.4) is 0 Å². The summed E-state index contributed by atoms with van der Waals surface area (Å²) in [4.78, 5) is 24.6. The Hall–Kier alpha value is -4.00. The molecule has 4 aromatic rings. The van der Waals surface area contributed by atoms with Crippen molar-refractivity contribution < 1.29 is 13.2 Å². The van der Waals surface area contributed by atoms with E-state index in [9.17, 15) is 18.0 Å². The number of alkyl halides is 3. The summed E-state index contributed by atoms with van der Waals surface area (Å²) in [6.45, 7) is 9.61. The van der Waals surface area contributed by atoms with Crippen LogP contribution < -0.4 is 28.2 Å². The zero-order chi connectivity index (χ0) is 34.6. The molecule has 2 atom stereocenters. The number of aliphatic imine (C=N–C) groups is 1. The third kappa shape index (κ3) is 10.5. The third-order valence-corrected chi connectivity index (χ3v) is 7.74.